The topological polar surface area (TPSA) is 60.8 Å². The lowest BCUT2D eigenvalue weighted by Gasteiger charge is -2.21. The van der Waals surface area contributed by atoms with Gasteiger partial charge in [-0.15, -0.1) is 0 Å². The summed E-state index contributed by atoms with van der Waals surface area (Å²) in [4.78, 5) is 11.1. The minimum absolute atomic E-state index is 0.109. The van der Waals surface area contributed by atoms with Crippen molar-refractivity contribution in [3.63, 3.8) is 0 Å². The van der Waals surface area contributed by atoms with Crippen LogP contribution in [0.2, 0.25) is 0 Å². The number of aliphatic hydroxyl groups is 1. The lowest BCUT2D eigenvalue weighted by Crippen LogP contribution is -2.32. The Morgan fingerprint density at radius 2 is 1.43 bits per heavy atom. The van der Waals surface area contributed by atoms with Crippen LogP contribution in [0.25, 0.3) is 0 Å². The van der Waals surface area contributed by atoms with Crippen LogP contribution in [0.4, 0.5) is 36.8 Å². The quantitative estimate of drug-likeness (QED) is 0.842. The average molecular weight is 317 g/mol. The number of anilines is 1. The van der Waals surface area contributed by atoms with Crippen molar-refractivity contribution < 1.29 is 41.4 Å². The molecule has 2 N–H and O–H groups in total. The van der Waals surface area contributed by atoms with Gasteiger partial charge in [0.05, 0.1) is 24.3 Å². The molecule has 0 atom stereocenters. The molecule has 0 saturated heterocycles. The molecule has 4 nitrogen and oxygen atoms in total. The third kappa shape index (κ3) is 4.25. The Balaban J connectivity index is 3.47. The smallest absolute Gasteiger partial charge is 0.416 e. The molecule has 0 spiro atoms. The van der Waals surface area contributed by atoms with Gasteiger partial charge in [0, 0.05) is 5.69 Å². The molecule has 0 aromatic heterocycles. The van der Waals surface area contributed by atoms with Crippen LogP contribution >= 0.6 is 0 Å². The molecule has 1 aromatic rings. The predicted molar refractivity (Wildman–Crippen MR) is 58.9 cm³/mol. The van der Waals surface area contributed by atoms with Gasteiger partial charge >= 0.3 is 18.4 Å². The van der Waals surface area contributed by atoms with Crippen LogP contribution in [-0.2, 0) is 12.4 Å². The first kappa shape index (κ1) is 17.1. The van der Waals surface area contributed by atoms with Gasteiger partial charge in [-0.3, -0.25) is 4.90 Å². The maximum absolute atomic E-state index is 12.6. The summed E-state index contributed by atoms with van der Waals surface area (Å²) in [5.74, 6) is 0. The number of hydrogen-bond donors (Lipinski definition) is 2. The molecule has 0 aliphatic heterocycles. The highest BCUT2D eigenvalue weighted by atomic mass is 19.4. The summed E-state index contributed by atoms with van der Waals surface area (Å²) in [6.45, 7) is -1.42. The van der Waals surface area contributed by atoms with Crippen LogP contribution < -0.4 is 4.90 Å². The van der Waals surface area contributed by atoms with Crippen LogP contribution in [0.5, 0.6) is 0 Å². The van der Waals surface area contributed by atoms with E-state index in [1.54, 1.807) is 0 Å². The largest absolute Gasteiger partial charge is 0.465 e. The summed E-state index contributed by atoms with van der Waals surface area (Å²) >= 11 is 0. The molecule has 0 heterocycles. The second kappa shape index (κ2) is 5.80. The van der Waals surface area contributed by atoms with Crippen molar-refractivity contribution in [2.45, 2.75) is 12.4 Å². The molecule has 0 radical (unpaired) electrons. The zero-order valence-corrected chi connectivity index (χ0v) is 10.2. The fourth-order valence-electron chi connectivity index (χ4n) is 1.53. The standard InChI is InChI=1S/C11H9F6NO3/c12-10(13,14)6-3-7(11(15,16)17)5-8(4-6)18(1-2-19)9(20)21/h3-5,19H,1-2H2,(H,20,21). The Labute approximate surface area is 114 Å². The van der Waals surface area contributed by atoms with E-state index < -0.39 is 48.4 Å². The normalized spacial score (nSPS) is 12.3. The summed E-state index contributed by atoms with van der Waals surface area (Å²) in [7, 11) is 0. The minimum Gasteiger partial charge on any atom is -0.465 e. The Bertz CT molecular complexity index is 493. The number of carboxylic acid groups (broad SMARTS) is 1. The molecule has 1 aromatic carbocycles. The molecule has 0 bridgehead atoms. The summed E-state index contributed by atoms with van der Waals surface area (Å²) < 4.78 is 75.6. The molecule has 0 fully saturated rings. The summed E-state index contributed by atoms with van der Waals surface area (Å²) in [5, 5.41) is 17.5. The molecule has 0 aliphatic carbocycles. The van der Waals surface area contributed by atoms with Crippen LogP contribution in [-0.4, -0.2) is 29.5 Å². The van der Waals surface area contributed by atoms with Crippen LogP contribution in [0.3, 0.4) is 0 Å². The number of halogens is 6. The van der Waals surface area contributed by atoms with Gasteiger partial charge in [0.2, 0.25) is 0 Å². The number of carbonyl (C=O) groups is 1. The Morgan fingerprint density at radius 1 is 1.00 bits per heavy atom. The van der Waals surface area contributed by atoms with Crippen molar-refractivity contribution >= 4 is 11.8 Å². The molecule has 10 heteroatoms. The molecular formula is C11H9F6NO3. The Hall–Kier alpha value is -1.97. The van der Waals surface area contributed by atoms with Crippen LogP contribution in [0.15, 0.2) is 18.2 Å². The number of alkyl halides is 6. The molecule has 0 aliphatic rings. The zero-order chi connectivity index (χ0) is 16.4. The van der Waals surface area contributed by atoms with E-state index in [1.165, 1.54) is 0 Å². The highest BCUT2D eigenvalue weighted by molar-refractivity contribution is 5.86. The van der Waals surface area contributed by atoms with E-state index in [0.29, 0.717) is 0 Å². The van der Waals surface area contributed by atoms with E-state index in [0.717, 1.165) is 0 Å². The highest BCUT2D eigenvalue weighted by Gasteiger charge is 2.37. The average Bonchev–Trinajstić information content (AvgIpc) is 2.32. The minimum atomic E-state index is -5.07. The monoisotopic (exact) mass is 317 g/mol. The number of nitrogens with zero attached hydrogens (tertiary/aromatic N) is 1. The molecule has 1 amide bonds. The highest BCUT2D eigenvalue weighted by Crippen LogP contribution is 2.38. The maximum Gasteiger partial charge on any atom is 0.416 e. The maximum atomic E-state index is 12.6. The third-order valence-electron chi connectivity index (χ3n) is 2.44. The second-order valence-electron chi connectivity index (χ2n) is 3.92. The number of rotatable bonds is 3. The Kier molecular flexibility index (Phi) is 4.72. The van der Waals surface area contributed by atoms with Crippen LogP contribution in [0.1, 0.15) is 11.1 Å². The summed E-state index contributed by atoms with van der Waals surface area (Å²) in [5.41, 5.74) is -4.08. The Morgan fingerprint density at radius 3 is 1.71 bits per heavy atom. The van der Waals surface area contributed by atoms with Gasteiger partial charge in [0.25, 0.3) is 0 Å². The summed E-state index contributed by atoms with van der Waals surface area (Å²) in [6.07, 6.45) is -11.9. The molecule has 21 heavy (non-hydrogen) atoms. The van der Waals surface area contributed by atoms with Gasteiger partial charge in [0.15, 0.2) is 0 Å². The van der Waals surface area contributed by atoms with E-state index in [9.17, 15) is 31.1 Å². The van der Waals surface area contributed by atoms with Gasteiger partial charge < -0.3 is 10.2 Å². The lowest BCUT2D eigenvalue weighted by atomic mass is 10.1. The first-order valence-corrected chi connectivity index (χ1v) is 5.37. The third-order valence-corrected chi connectivity index (χ3v) is 2.44. The van der Waals surface area contributed by atoms with Crippen molar-refractivity contribution in [3.05, 3.63) is 29.3 Å². The molecule has 118 valence electrons. The SMILES string of the molecule is O=C(O)N(CCO)c1cc(C(F)(F)F)cc(C(F)(F)F)c1. The summed E-state index contributed by atoms with van der Waals surface area (Å²) in [6, 6.07) is 0.445. The van der Waals surface area contributed by atoms with E-state index in [1.807, 2.05) is 0 Å². The van der Waals surface area contributed by atoms with Crippen molar-refractivity contribution in [2.75, 3.05) is 18.1 Å². The first-order chi connectivity index (χ1) is 9.46. The van der Waals surface area contributed by atoms with Crippen molar-refractivity contribution in [1.82, 2.24) is 0 Å². The van der Waals surface area contributed by atoms with Crippen molar-refractivity contribution in [3.8, 4) is 0 Å². The van der Waals surface area contributed by atoms with Gasteiger partial charge in [-0.2, -0.15) is 26.3 Å². The van der Waals surface area contributed by atoms with Gasteiger partial charge in [0.1, 0.15) is 0 Å². The zero-order valence-electron chi connectivity index (χ0n) is 10.2. The lowest BCUT2D eigenvalue weighted by molar-refractivity contribution is -0.143. The van der Waals surface area contributed by atoms with E-state index in [2.05, 4.69) is 0 Å². The van der Waals surface area contributed by atoms with Crippen molar-refractivity contribution in [1.29, 1.82) is 0 Å². The number of benzene rings is 1. The fraction of sp³-hybridized carbons (Fsp3) is 0.364. The number of amides is 1. The van der Waals surface area contributed by atoms with Gasteiger partial charge in [-0.25, -0.2) is 4.79 Å². The first-order valence-electron chi connectivity index (χ1n) is 5.37. The molecule has 0 unspecified atom stereocenters. The fourth-order valence-corrected chi connectivity index (χ4v) is 1.53. The predicted octanol–water partition coefficient (Wildman–Crippen LogP) is 3.20. The van der Waals surface area contributed by atoms with Gasteiger partial charge in [-0.05, 0) is 18.2 Å². The molecule has 0 saturated carbocycles. The van der Waals surface area contributed by atoms with Crippen LogP contribution in [0, 0.1) is 0 Å². The molecule has 1 rings (SSSR count). The van der Waals surface area contributed by atoms with Crippen molar-refractivity contribution in [2.24, 2.45) is 0 Å². The second-order valence-corrected chi connectivity index (χ2v) is 3.92. The van der Waals surface area contributed by atoms with E-state index >= 15 is 0 Å². The van der Waals surface area contributed by atoms with Gasteiger partial charge in [-0.1, -0.05) is 0 Å². The molecular weight excluding hydrogens is 308 g/mol. The number of hydrogen-bond acceptors (Lipinski definition) is 2. The van der Waals surface area contributed by atoms with E-state index in [4.69, 9.17) is 10.2 Å². The number of aliphatic hydroxyl groups excluding tert-OH is 1. The van der Waals surface area contributed by atoms with E-state index in [-0.39, 0.29) is 23.1 Å².